The lowest BCUT2D eigenvalue weighted by molar-refractivity contribution is 0.424. The summed E-state index contributed by atoms with van der Waals surface area (Å²) in [6, 6.07) is 42.3. The molecule has 91 heavy (non-hydrogen) atoms. The maximum Gasteiger partial charge on any atom is 0.490 e. The number of benzene rings is 3. The van der Waals surface area contributed by atoms with Gasteiger partial charge in [0.2, 0.25) is 0 Å². The van der Waals surface area contributed by atoms with E-state index in [0.717, 1.165) is 39.2 Å². The van der Waals surface area contributed by atoms with Crippen LogP contribution in [0.2, 0.25) is 15.5 Å². The van der Waals surface area contributed by atoms with Gasteiger partial charge in [0, 0.05) is 58.1 Å². The Morgan fingerprint density at radius 1 is 0.385 bits per heavy atom. The summed E-state index contributed by atoms with van der Waals surface area (Å²) in [5.41, 5.74) is 22.5. The van der Waals surface area contributed by atoms with Gasteiger partial charge in [-0.1, -0.05) is 102 Å². The molecule has 10 N–H and O–H groups in total. The lowest BCUT2D eigenvalue weighted by Crippen LogP contribution is -2.29. The van der Waals surface area contributed by atoms with Crippen molar-refractivity contribution in [2.24, 2.45) is 11.5 Å². The summed E-state index contributed by atoms with van der Waals surface area (Å²) in [5.74, 6) is -0.0750. The standard InChI is InChI=1S/C17H15N7.C17H9N5.C10H5ClN4.C7H6BNO2.C5H5BClNO2.C5H2ClN3/c18-16(19)11-3-1-10(2-4-11)13-6-5-12(7-22-13)14-8-24-15(9-23-14)17(20)21;1-19-14-5-2-12(3-6-14)16-7-4-13(9-21-16)17-11-20-15(8-18)10-22-17;11-10-2-1-7(4-15-10)9-6-13-8(3-12)5-14-9;9-5-6-1-3-7(4-2-6)8(10)11;7-5-2-1-4(3-8-5)6(9)10;6-5-3-8-4(1-7)2-9-5/h1-9H,(H3,18,19)(H3,20,21);2-7,9-11H;1-2,4-6H;1-4,10-11H;1-3,9-10H;2-3H. The fourth-order valence-corrected chi connectivity index (χ4v) is 7.13. The molecule has 0 unspecified atom stereocenters. The molecule has 0 aliphatic rings. The summed E-state index contributed by atoms with van der Waals surface area (Å²) < 4.78 is 0. The van der Waals surface area contributed by atoms with Crippen LogP contribution in [0.15, 0.2) is 196 Å². The minimum Gasteiger partial charge on any atom is -0.423 e. The third-order valence-electron chi connectivity index (χ3n) is 11.5. The highest BCUT2D eigenvalue weighted by Gasteiger charge is 2.12. The van der Waals surface area contributed by atoms with Crippen LogP contribution >= 0.6 is 34.8 Å². The van der Waals surface area contributed by atoms with Gasteiger partial charge in [0.25, 0.3) is 0 Å². The average molecular weight is 1260 g/mol. The second kappa shape index (κ2) is 34.8. The molecule has 25 nitrogen and oxygen atoms in total. The van der Waals surface area contributed by atoms with E-state index in [-0.39, 0.29) is 23.1 Å². The number of nitriles is 4. The average Bonchev–Trinajstić information content (AvgIpc) is 1.51. The number of hydrogen-bond acceptors (Lipinski definition) is 22. The molecule has 3 aromatic carbocycles. The Morgan fingerprint density at radius 3 is 1.12 bits per heavy atom. The number of pyridine rings is 4. The van der Waals surface area contributed by atoms with E-state index in [1.165, 1.54) is 79.8 Å². The zero-order valence-electron chi connectivity index (χ0n) is 46.8. The predicted octanol–water partition coefficient (Wildman–Crippen LogP) is 7.12. The lowest BCUT2D eigenvalue weighted by atomic mass is 9.80. The highest BCUT2D eigenvalue weighted by molar-refractivity contribution is 6.59. The summed E-state index contributed by atoms with van der Waals surface area (Å²) in [4.78, 5) is 51.6. The number of nitrogens with zero attached hydrogens (tertiary/aromatic N) is 17. The summed E-state index contributed by atoms with van der Waals surface area (Å²) >= 11 is 16.5. The van der Waals surface area contributed by atoms with Crippen molar-refractivity contribution in [1.82, 2.24) is 59.8 Å². The normalized spacial score (nSPS) is 9.60. The lowest BCUT2D eigenvalue weighted by Gasteiger charge is -2.05. The van der Waals surface area contributed by atoms with Crippen LogP contribution in [-0.4, -0.2) is 106 Å². The maximum atomic E-state index is 8.72. The van der Waals surface area contributed by atoms with Crippen molar-refractivity contribution >= 4 is 77.3 Å². The zero-order valence-corrected chi connectivity index (χ0v) is 49.1. The van der Waals surface area contributed by atoms with Crippen LogP contribution < -0.4 is 22.4 Å². The number of amidine groups is 2. The van der Waals surface area contributed by atoms with Crippen molar-refractivity contribution < 1.29 is 20.1 Å². The molecule has 0 aliphatic heterocycles. The van der Waals surface area contributed by atoms with Crippen molar-refractivity contribution in [2.75, 3.05) is 0 Å². The Labute approximate surface area is 534 Å². The molecule has 11 aromatic rings. The first-order valence-electron chi connectivity index (χ1n) is 25.7. The van der Waals surface area contributed by atoms with E-state index >= 15 is 0 Å². The second-order valence-corrected chi connectivity index (χ2v) is 18.8. The molecule has 0 bridgehead atoms. The molecule has 0 spiro atoms. The Bertz CT molecular complexity index is 4240. The van der Waals surface area contributed by atoms with Crippen LogP contribution in [0.25, 0.3) is 61.1 Å². The minimum absolute atomic E-state index is 0.0393. The van der Waals surface area contributed by atoms with Gasteiger partial charge in [-0.3, -0.25) is 35.7 Å². The summed E-state index contributed by atoms with van der Waals surface area (Å²) in [7, 11) is -2.92. The maximum absolute atomic E-state index is 8.72. The molecule has 11 rings (SSSR count). The van der Waals surface area contributed by atoms with Gasteiger partial charge in [-0.15, -0.1) is 0 Å². The monoisotopic (exact) mass is 1260 g/mol. The van der Waals surface area contributed by atoms with E-state index in [0.29, 0.717) is 71.7 Å². The highest BCUT2D eigenvalue weighted by Crippen LogP contribution is 2.25. The molecular formula is C61H42B2Cl3N21O4. The van der Waals surface area contributed by atoms with E-state index in [4.69, 9.17) is 105 Å². The van der Waals surface area contributed by atoms with E-state index in [9.17, 15) is 0 Å². The molecule has 0 atom stereocenters. The predicted molar refractivity (Wildman–Crippen MR) is 341 cm³/mol. The van der Waals surface area contributed by atoms with E-state index < -0.39 is 14.2 Å². The van der Waals surface area contributed by atoms with Crippen molar-refractivity contribution in [3.63, 3.8) is 0 Å². The van der Waals surface area contributed by atoms with Gasteiger partial charge in [0.05, 0.1) is 96.2 Å². The van der Waals surface area contributed by atoms with Gasteiger partial charge in [0.15, 0.2) is 22.8 Å². The third-order valence-corrected chi connectivity index (χ3v) is 12.1. The number of halogens is 3. The van der Waals surface area contributed by atoms with Crippen molar-refractivity contribution in [1.29, 1.82) is 31.9 Å². The number of rotatable bonds is 9. The van der Waals surface area contributed by atoms with Gasteiger partial charge < -0.3 is 31.6 Å². The quantitative estimate of drug-likeness (QED) is 0.0234. The van der Waals surface area contributed by atoms with Crippen molar-refractivity contribution in [3.8, 4) is 80.6 Å². The van der Waals surface area contributed by atoms with Crippen LogP contribution in [0.5, 0.6) is 0 Å². The van der Waals surface area contributed by atoms with Gasteiger partial charge >= 0.3 is 14.2 Å². The first kappa shape index (κ1) is 67.9. The van der Waals surface area contributed by atoms with Gasteiger partial charge in [-0.05, 0) is 65.6 Å². The Kier molecular flexibility index (Phi) is 26.0. The molecule has 442 valence electrons. The molecule has 0 amide bonds. The number of nitrogens with two attached hydrogens (primary N) is 2. The fourth-order valence-electron chi connectivity index (χ4n) is 6.81. The number of nitrogens with one attached hydrogen (secondary N) is 2. The van der Waals surface area contributed by atoms with Crippen LogP contribution in [0.3, 0.4) is 0 Å². The van der Waals surface area contributed by atoms with E-state index in [1.54, 1.807) is 67.4 Å². The number of nitrogen functional groups attached to an aromatic ring is 2. The summed E-state index contributed by atoms with van der Waals surface area (Å²) in [5, 5.41) is 84.2. The molecule has 0 saturated carbocycles. The van der Waals surface area contributed by atoms with Crippen LogP contribution in [0.1, 0.15) is 33.9 Å². The van der Waals surface area contributed by atoms with Crippen molar-refractivity contribution in [3.05, 3.63) is 256 Å². The van der Waals surface area contributed by atoms with E-state index in [2.05, 4.69) is 64.7 Å². The van der Waals surface area contributed by atoms with Gasteiger partial charge in [-0.2, -0.15) is 21.0 Å². The third kappa shape index (κ3) is 21.6. The largest absolute Gasteiger partial charge is 0.490 e. The molecule has 0 radical (unpaired) electrons. The molecule has 0 aliphatic carbocycles. The molecule has 0 saturated heterocycles. The van der Waals surface area contributed by atoms with Crippen LogP contribution in [-0.2, 0) is 0 Å². The van der Waals surface area contributed by atoms with Crippen molar-refractivity contribution in [2.45, 2.75) is 0 Å². The topological polar surface area (TPSA) is 435 Å². The van der Waals surface area contributed by atoms with E-state index in [1.807, 2.05) is 72.8 Å². The Balaban J connectivity index is 0.000000181. The van der Waals surface area contributed by atoms with Crippen LogP contribution in [0, 0.1) is 62.7 Å². The number of hydrogen-bond donors (Lipinski definition) is 8. The summed E-state index contributed by atoms with van der Waals surface area (Å²) in [6.45, 7) is 6.95. The first-order valence-corrected chi connectivity index (χ1v) is 26.8. The smallest absolute Gasteiger partial charge is 0.423 e. The first-order chi connectivity index (χ1) is 43.9. The fraction of sp³-hybridized carbons (Fsp3) is 0. The molecule has 0 fully saturated rings. The minimum atomic E-state index is -1.47. The molecule has 30 heteroatoms. The van der Waals surface area contributed by atoms with Gasteiger partial charge in [-0.25, -0.2) is 39.7 Å². The van der Waals surface area contributed by atoms with Crippen LogP contribution in [0.4, 0.5) is 5.69 Å². The Hall–Kier alpha value is -12.2. The SMILES string of the molecule is N#Cc1ccc(B(O)O)cc1.N#Cc1cnc(-c2ccc(Cl)nc2)cn1.N#Cc1cnc(Cl)cn1.N=C(N)c1ccc(-c2ccc(-c3cnc(C(=N)N)cn3)cn2)cc1.OB(O)c1ccc(Cl)nc1.[C-]#[N+]c1ccc(-c2ccc(-c3cnc(C#N)cn3)cn2)cc1. The molecule has 8 aromatic heterocycles. The zero-order chi connectivity index (χ0) is 65.7. The van der Waals surface area contributed by atoms with Gasteiger partial charge in [0.1, 0.15) is 51.0 Å². The summed E-state index contributed by atoms with van der Waals surface area (Å²) in [6.07, 6.45) is 18.0. The number of aromatic nitrogens is 12. The molecule has 8 heterocycles. The Morgan fingerprint density at radius 2 is 0.780 bits per heavy atom. The molecular weight excluding hydrogens is 1220 g/mol. The second-order valence-electron chi connectivity index (χ2n) is 17.6. The highest BCUT2D eigenvalue weighted by atomic mass is 35.5.